The predicted molar refractivity (Wildman–Crippen MR) is 73.3 cm³/mol. The third-order valence-electron chi connectivity index (χ3n) is 4.08. The van der Waals surface area contributed by atoms with E-state index < -0.39 is 0 Å². The summed E-state index contributed by atoms with van der Waals surface area (Å²) in [5.74, 6) is 1.26. The molecule has 1 atom stereocenters. The van der Waals surface area contributed by atoms with Crippen molar-refractivity contribution in [2.45, 2.75) is 38.6 Å². The lowest BCUT2D eigenvalue weighted by Crippen LogP contribution is -2.40. The van der Waals surface area contributed by atoms with Crippen LogP contribution in [-0.4, -0.2) is 40.8 Å². The summed E-state index contributed by atoms with van der Waals surface area (Å²) in [6, 6.07) is 0.174. The highest BCUT2D eigenvalue weighted by atomic mass is 16.4. The highest BCUT2D eigenvalue weighted by Gasteiger charge is 2.24. The van der Waals surface area contributed by atoms with Crippen LogP contribution in [0.3, 0.4) is 0 Å². The minimum Gasteiger partial charge on any atom is -0.406 e. The van der Waals surface area contributed by atoms with Gasteiger partial charge in [0.2, 0.25) is 5.89 Å². The van der Waals surface area contributed by atoms with Crippen molar-refractivity contribution < 1.29 is 9.21 Å². The Balaban J connectivity index is 1.56. The topological polar surface area (TPSA) is 83.3 Å². The van der Waals surface area contributed by atoms with E-state index >= 15 is 0 Å². The van der Waals surface area contributed by atoms with Gasteiger partial charge in [-0.1, -0.05) is 12.0 Å². The van der Waals surface area contributed by atoms with Crippen LogP contribution in [0.5, 0.6) is 0 Å². The summed E-state index contributed by atoms with van der Waals surface area (Å²) in [5, 5.41) is 13.9. The summed E-state index contributed by atoms with van der Waals surface area (Å²) < 4.78 is 5.51. The Morgan fingerprint density at radius 3 is 2.85 bits per heavy atom. The minimum atomic E-state index is -0.147. The molecule has 20 heavy (non-hydrogen) atoms. The quantitative estimate of drug-likeness (QED) is 0.862. The normalized spacial score (nSPS) is 24.1. The fraction of sp³-hybridized carbons (Fsp3) is 0.769. The van der Waals surface area contributed by atoms with Gasteiger partial charge < -0.3 is 14.6 Å². The Morgan fingerprint density at radius 1 is 1.35 bits per heavy atom. The molecule has 0 saturated carbocycles. The van der Waals surface area contributed by atoms with E-state index in [4.69, 9.17) is 4.42 Å². The van der Waals surface area contributed by atoms with Crippen LogP contribution in [0.1, 0.15) is 44.5 Å². The van der Waals surface area contributed by atoms with Gasteiger partial charge in [-0.15, -0.1) is 5.10 Å². The molecular formula is C13H21N5O2. The number of likely N-dealkylation sites (tertiary alicyclic amines) is 1. The second-order valence-corrected chi connectivity index (χ2v) is 5.69. The maximum atomic E-state index is 12.1. The molecule has 7 heteroatoms. The van der Waals surface area contributed by atoms with E-state index in [0.717, 1.165) is 45.3 Å². The van der Waals surface area contributed by atoms with Gasteiger partial charge in [-0.25, -0.2) is 4.79 Å². The van der Waals surface area contributed by atoms with E-state index in [0.29, 0.717) is 11.8 Å². The van der Waals surface area contributed by atoms with Crippen molar-refractivity contribution in [1.29, 1.82) is 0 Å². The highest BCUT2D eigenvalue weighted by molar-refractivity contribution is 5.87. The SMILES string of the molecule is CC1CCN(C(=O)Nc2nnc(C3CCCN3)o2)CC1. The van der Waals surface area contributed by atoms with Crippen LogP contribution in [0.2, 0.25) is 0 Å². The number of carbonyl (C=O) groups excluding carboxylic acids is 1. The van der Waals surface area contributed by atoms with Crippen molar-refractivity contribution >= 4 is 12.0 Å². The first kappa shape index (κ1) is 13.4. The van der Waals surface area contributed by atoms with Gasteiger partial charge in [0.15, 0.2) is 0 Å². The summed E-state index contributed by atoms with van der Waals surface area (Å²) in [7, 11) is 0. The Kier molecular flexibility index (Phi) is 3.86. The maximum Gasteiger partial charge on any atom is 0.325 e. The monoisotopic (exact) mass is 279 g/mol. The Labute approximate surface area is 118 Å². The van der Waals surface area contributed by atoms with Gasteiger partial charge in [-0.3, -0.25) is 5.32 Å². The first-order valence-electron chi connectivity index (χ1n) is 7.35. The molecule has 0 bridgehead atoms. The minimum absolute atomic E-state index is 0.129. The van der Waals surface area contributed by atoms with E-state index in [9.17, 15) is 4.79 Å². The second kappa shape index (κ2) is 5.78. The van der Waals surface area contributed by atoms with Gasteiger partial charge in [0.05, 0.1) is 6.04 Å². The number of rotatable bonds is 2. The molecule has 0 radical (unpaired) electrons. The number of nitrogens with zero attached hydrogens (tertiary/aromatic N) is 3. The number of amides is 2. The molecule has 3 rings (SSSR count). The van der Waals surface area contributed by atoms with Crippen LogP contribution in [0.15, 0.2) is 4.42 Å². The van der Waals surface area contributed by atoms with Crippen molar-refractivity contribution in [2.24, 2.45) is 5.92 Å². The zero-order valence-corrected chi connectivity index (χ0v) is 11.8. The average molecular weight is 279 g/mol. The van der Waals surface area contributed by atoms with Gasteiger partial charge in [-0.05, 0) is 38.1 Å². The number of aromatic nitrogens is 2. The van der Waals surface area contributed by atoms with Crippen LogP contribution < -0.4 is 10.6 Å². The van der Waals surface area contributed by atoms with E-state index in [-0.39, 0.29) is 18.1 Å². The molecule has 1 unspecified atom stereocenters. The number of piperidine rings is 1. The zero-order chi connectivity index (χ0) is 13.9. The van der Waals surface area contributed by atoms with Gasteiger partial charge in [0.1, 0.15) is 0 Å². The lowest BCUT2D eigenvalue weighted by molar-refractivity contribution is 0.186. The molecule has 2 aliphatic rings. The summed E-state index contributed by atoms with van der Waals surface area (Å²) in [5.41, 5.74) is 0. The van der Waals surface area contributed by atoms with Crippen LogP contribution in [0.4, 0.5) is 10.8 Å². The number of urea groups is 1. The highest BCUT2D eigenvalue weighted by Crippen LogP contribution is 2.23. The van der Waals surface area contributed by atoms with E-state index in [1.807, 2.05) is 0 Å². The van der Waals surface area contributed by atoms with Crippen molar-refractivity contribution in [3.8, 4) is 0 Å². The fourth-order valence-corrected chi connectivity index (χ4v) is 2.70. The second-order valence-electron chi connectivity index (χ2n) is 5.69. The third kappa shape index (κ3) is 2.92. The molecule has 0 aliphatic carbocycles. The van der Waals surface area contributed by atoms with E-state index in [1.165, 1.54) is 0 Å². The molecule has 1 aromatic heterocycles. The lowest BCUT2D eigenvalue weighted by atomic mass is 10.00. The van der Waals surface area contributed by atoms with Crippen LogP contribution in [-0.2, 0) is 0 Å². The Hall–Kier alpha value is -1.63. The summed E-state index contributed by atoms with van der Waals surface area (Å²) in [4.78, 5) is 13.9. The van der Waals surface area contributed by atoms with Crippen molar-refractivity contribution in [1.82, 2.24) is 20.4 Å². The summed E-state index contributed by atoms with van der Waals surface area (Å²) in [6.45, 7) is 4.77. The molecule has 2 aliphatic heterocycles. The van der Waals surface area contributed by atoms with Crippen LogP contribution >= 0.6 is 0 Å². The standard InChI is InChI=1S/C13H21N5O2/c1-9-4-7-18(8-5-9)13(19)15-12-17-16-11(20-12)10-3-2-6-14-10/h9-10,14H,2-8H2,1H3,(H,15,17,19). The molecule has 1 aromatic rings. The number of anilines is 1. The maximum absolute atomic E-state index is 12.1. The van der Waals surface area contributed by atoms with Crippen LogP contribution in [0, 0.1) is 5.92 Å². The Bertz CT molecular complexity index is 461. The first-order valence-corrected chi connectivity index (χ1v) is 7.35. The number of hydrogen-bond acceptors (Lipinski definition) is 5. The third-order valence-corrected chi connectivity index (χ3v) is 4.08. The molecule has 3 heterocycles. The Morgan fingerprint density at radius 2 is 2.15 bits per heavy atom. The smallest absolute Gasteiger partial charge is 0.325 e. The number of hydrogen-bond donors (Lipinski definition) is 2. The molecule has 2 fully saturated rings. The van der Waals surface area contributed by atoms with Crippen molar-refractivity contribution in [3.63, 3.8) is 0 Å². The van der Waals surface area contributed by atoms with Crippen LogP contribution in [0.25, 0.3) is 0 Å². The molecule has 0 spiro atoms. The van der Waals surface area contributed by atoms with Crippen molar-refractivity contribution in [2.75, 3.05) is 25.0 Å². The lowest BCUT2D eigenvalue weighted by Gasteiger charge is -2.29. The number of carbonyl (C=O) groups is 1. The predicted octanol–water partition coefficient (Wildman–Crippen LogP) is 1.76. The molecule has 2 saturated heterocycles. The van der Waals surface area contributed by atoms with Gasteiger partial charge in [-0.2, -0.15) is 0 Å². The fourth-order valence-electron chi connectivity index (χ4n) is 2.70. The molecular weight excluding hydrogens is 258 g/mol. The van der Waals surface area contributed by atoms with E-state index in [2.05, 4.69) is 27.8 Å². The molecule has 7 nitrogen and oxygen atoms in total. The van der Waals surface area contributed by atoms with Gasteiger partial charge in [0.25, 0.3) is 0 Å². The zero-order valence-electron chi connectivity index (χ0n) is 11.8. The van der Waals surface area contributed by atoms with Gasteiger partial charge >= 0.3 is 12.0 Å². The first-order chi connectivity index (χ1) is 9.72. The summed E-state index contributed by atoms with van der Waals surface area (Å²) >= 11 is 0. The summed E-state index contributed by atoms with van der Waals surface area (Å²) in [6.07, 6.45) is 4.21. The van der Waals surface area contributed by atoms with E-state index in [1.54, 1.807) is 4.90 Å². The molecule has 0 aromatic carbocycles. The van der Waals surface area contributed by atoms with Gasteiger partial charge in [0, 0.05) is 13.1 Å². The van der Waals surface area contributed by atoms with Crippen molar-refractivity contribution in [3.05, 3.63) is 5.89 Å². The average Bonchev–Trinajstić information content (AvgIpc) is 3.09. The molecule has 110 valence electrons. The number of nitrogens with one attached hydrogen (secondary N) is 2. The largest absolute Gasteiger partial charge is 0.406 e. The molecule has 2 N–H and O–H groups in total. The molecule has 2 amide bonds.